The highest BCUT2D eigenvalue weighted by molar-refractivity contribution is 7.85. The van der Waals surface area contributed by atoms with Crippen molar-refractivity contribution in [1.29, 1.82) is 0 Å². The van der Waals surface area contributed by atoms with Crippen LogP contribution in [0.15, 0.2) is 34.0 Å². The molecule has 118 valence electrons. The molecule has 1 aromatic carbocycles. The van der Waals surface area contributed by atoms with Gasteiger partial charge in [0.1, 0.15) is 0 Å². The number of nitrogens with one attached hydrogen (secondary N) is 1. The van der Waals surface area contributed by atoms with Crippen molar-refractivity contribution in [2.24, 2.45) is 0 Å². The van der Waals surface area contributed by atoms with Crippen LogP contribution in [0.4, 0.5) is 0 Å². The second-order valence-corrected chi connectivity index (χ2v) is 5.59. The van der Waals surface area contributed by atoms with Crippen molar-refractivity contribution in [1.82, 2.24) is 9.78 Å². The Balaban J connectivity index is 2.48. The van der Waals surface area contributed by atoms with Gasteiger partial charge < -0.3 is 9.84 Å². The Morgan fingerprint density at radius 3 is 2.41 bits per heavy atom. The van der Waals surface area contributed by atoms with E-state index in [4.69, 9.17) is 4.55 Å². The minimum Gasteiger partial charge on any atom is -0.501 e. The van der Waals surface area contributed by atoms with E-state index in [0.29, 0.717) is 0 Å². The van der Waals surface area contributed by atoms with Crippen LogP contribution >= 0.6 is 0 Å². The summed E-state index contributed by atoms with van der Waals surface area (Å²) in [6.45, 7) is 1.63. The zero-order chi connectivity index (χ0) is 16.5. The second kappa shape index (κ2) is 5.66. The number of carbonyl (C=O) groups excluding carboxylic acids is 1. The van der Waals surface area contributed by atoms with Crippen LogP contribution < -0.4 is 5.56 Å². The summed E-state index contributed by atoms with van der Waals surface area (Å²) in [5, 5.41) is 12.0. The lowest BCUT2D eigenvalue weighted by molar-refractivity contribution is 0.0515. The maximum absolute atomic E-state index is 11.9. The van der Waals surface area contributed by atoms with Gasteiger partial charge in [0, 0.05) is 0 Å². The maximum atomic E-state index is 11.9. The van der Waals surface area contributed by atoms with Gasteiger partial charge in [-0.15, -0.1) is 0 Å². The molecule has 0 aliphatic carbocycles. The highest BCUT2D eigenvalue weighted by Gasteiger charge is 2.21. The van der Waals surface area contributed by atoms with Gasteiger partial charge in [-0.3, -0.25) is 14.4 Å². The van der Waals surface area contributed by atoms with Gasteiger partial charge in [0.2, 0.25) is 5.75 Å². The monoisotopic (exact) mass is 328 g/mol. The molecule has 1 aromatic heterocycles. The quantitative estimate of drug-likeness (QED) is 0.541. The van der Waals surface area contributed by atoms with Crippen molar-refractivity contribution in [2.75, 3.05) is 6.61 Å². The minimum atomic E-state index is -4.36. The lowest BCUT2D eigenvalue weighted by Crippen LogP contribution is -2.14. The van der Waals surface area contributed by atoms with Gasteiger partial charge in [-0.05, 0) is 31.2 Å². The number of nitrogens with zero attached hydrogens (tertiary/aromatic N) is 1. The molecule has 0 aliphatic rings. The number of benzene rings is 1. The van der Waals surface area contributed by atoms with Crippen LogP contribution in [0, 0.1) is 0 Å². The van der Waals surface area contributed by atoms with Gasteiger partial charge in [-0.25, -0.2) is 9.48 Å². The molecule has 1 heterocycles. The molecule has 0 spiro atoms. The topological polar surface area (TPSA) is 139 Å². The molecule has 0 radical (unpaired) electrons. The van der Waals surface area contributed by atoms with E-state index in [1.54, 1.807) is 6.92 Å². The van der Waals surface area contributed by atoms with Crippen molar-refractivity contribution in [3.05, 3.63) is 40.3 Å². The van der Waals surface area contributed by atoms with Crippen LogP contribution in [-0.4, -0.2) is 40.4 Å². The largest absolute Gasteiger partial charge is 0.501 e. The fourth-order valence-electron chi connectivity index (χ4n) is 1.72. The first-order valence-corrected chi connectivity index (χ1v) is 7.48. The van der Waals surface area contributed by atoms with Crippen molar-refractivity contribution in [2.45, 2.75) is 11.8 Å². The average molecular weight is 328 g/mol. The molecule has 0 bridgehead atoms. The standard InChI is InChI=1S/C12H12N2O7S/c1-2-21-12(17)9-10(15)11(16)14(13-9)7-3-5-8(6-4-7)22(18,19)20/h3-6,13,15H,2H2,1H3,(H,18,19,20). The molecule has 3 N–H and O–H groups in total. The Hall–Kier alpha value is -2.59. The van der Waals surface area contributed by atoms with Gasteiger partial charge in [0.25, 0.3) is 10.1 Å². The van der Waals surface area contributed by atoms with E-state index in [0.717, 1.165) is 16.8 Å². The summed E-state index contributed by atoms with van der Waals surface area (Å²) >= 11 is 0. The third-order valence-electron chi connectivity index (χ3n) is 2.74. The van der Waals surface area contributed by atoms with Crippen LogP contribution in [0.25, 0.3) is 5.69 Å². The number of aromatic nitrogens is 2. The highest BCUT2D eigenvalue weighted by Crippen LogP contribution is 2.16. The summed E-state index contributed by atoms with van der Waals surface area (Å²) in [7, 11) is -4.36. The summed E-state index contributed by atoms with van der Waals surface area (Å²) in [6.07, 6.45) is 0. The Labute approximate surface area is 124 Å². The molecule has 9 nitrogen and oxygen atoms in total. The Morgan fingerprint density at radius 1 is 1.32 bits per heavy atom. The molecule has 2 aromatic rings. The zero-order valence-corrected chi connectivity index (χ0v) is 12.1. The minimum absolute atomic E-state index is 0.0640. The number of H-pyrrole nitrogens is 1. The Morgan fingerprint density at radius 2 is 1.91 bits per heavy atom. The smallest absolute Gasteiger partial charge is 0.360 e. The van der Waals surface area contributed by atoms with E-state index in [9.17, 15) is 23.1 Å². The van der Waals surface area contributed by atoms with Crippen LogP contribution in [0.5, 0.6) is 5.75 Å². The molecule has 0 amide bonds. The number of hydrogen-bond donors (Lipinski definition) is 3. The first-order chi connectivity index (χ1) is 10.3. The van der Waals surface area contributed by atoms with Gasteiger partial charge in [0.05, 0.1) is 17.2 Å². The van der Waals surface area contributed by atoms with Gasteiger partial charge in [-0.1, -0.05) is 0 Å². The maximum Gasteiger partial charge on any atom is 0.360 e. The number of ether oxygens (including phenoxy) is 1. The predicted molar refractivity (Wildman–Crippen MR) is 73.8 cm³/mol. The molecule has 0 fully saturated rings. The van der Waals surface area contributed by atoms with Gasteiger partial charge in [-0.2, -0.15) is 8.42 Å². The van der Waals surface area contributed by atoms with Crippen molar-refractivity contribution in [3.63, 3.8) is 0 Å². The van der Waals surface area contributed by atoms with E-state index in [-0.39, 0.29) is 17.2 Å². The summed E-state index contributed by atoms with van der Waals surface area (Å²) in [5.41, 5.74) is -1.16. The number of carbonyl (C=O) groups is 1. The number of rotatable bonds is 4. The van der Waals surface area contributed by atoms with Crippen LogP contribution in [0.1, 0.15) is 17.4 Å². The van der Waals surface area contributed by atoms with E-state index >= 15 is 0 Å². The van der Waals surface area contributed by atoms with Crippen LogP contribution in [0.3, 0.4) is 0 Å². The molecule has 0 unspecified atom stereocenters. The van der Waals surface area contributed by atoms with Crippen LogP contribution in [-0.2, 0) is 14.9 Å². The second-order valence-electron chi connectivity index (χ2n) is 4.17. The molecule has 0 atom stereocenters. The predicted octanol–water partition coefficient (Wildman–Crippen LogP) is 0.295. The SMILES string of the molecule is CCOC(=O)c1[nH]n(-c2ccc(S(=O)(=O)O)cc2)c(=O)c1O. The number of aromatic amines is 1. The van der Waals surface area contributed by atoms with Crippen LogP contribution in [0.2, 0.25) is 0 Å². The highest BCUT2D eigenvalue weighted by atomic mass is 32.2. The van der Waals surface area contributed by atoms with Crippen molar-refractivity contribution >= 4 is 16.1 Å². The fraction of sp³-hybridized carbons (Fsp3) is 0.167. The van der Waals surface area contributed by atoms with Gasteiger partial charge >= 0.3 is 11.5 Å². The molecular formula is C12H12N2O7S. The molecule has 22 heavy (non-hydrogen) atoms. The average Bonchev–Trinajstić information content (AvgIpc) is 2.75. The lowest BCUT2D eigenvalue weighted by Gasteiger charge is -2.03. The first kappa shape index (κ1) is 15.8. The normalized spacial score (nSPS) is 11.4. The molecule has 2 rings (SSSR count). The van der Waals surface area contributed by atoms with E-state index in [2.05, 4.69) is 9.84 Å². The first-order valence-electron chi connectivity index (χ1n) is 6.04. The zero-order valence-electron chi connectivity index (χ0n) is 11.3. The van der Waals surface area contributed by atoms with E-state index in [1.807, 2.05) is 0 Å². The molecule has 0 aliphatic heterocycles. The summed E-state index contributed by atoms with van der Waals surface area (Å²) < 4.78 is 36.3. The third kappa shape index (κ3) is 2.87. The molecule has 10 heteroatoms. The number of hydrogen-bond acceptors (Lipinski definition) is 6. The summed E-state index contributed by atoms with van der Waals surface area (Å²) in [5.74, 6) is -1.71. The molecule has 0 saturated heterocycles. The van der Waals surface area contributed by atoms with Crippen molar-refractivity contribution in [3.8, 4) is 11.4 Å². The number of esters is 1. The fourth-order valence-corrected chi connectivity index (χ4v) is 2.20. The number of aromatic hydroxyl groups is 1. The lowest BCUT2D eigenvalue weighted by atomic mass is 10.3. The van der Waals surface area contributed by atoms with E-state index < -0.39 is 33.1 Å². The van der Waals surface area contributed by atoms with E-state index in [1.165, 1.54) is 12.1 Å². The molecular weight excluding hydrogens is 316 g/mol. The molecule has 0 saturated carbocycles. The van der Waals surface area contributed by atoms with Crippen molar-refractivity contribution < 1.29 is 27.6 Å². The van der Waals surface area contributed by atoms with Gasteiger partial charge in [0.15, 0.2) is 5.69 Å². The summed E-state index contributed by atoms with van der Waals surface area (Å²) in [4.78, 5) is 23.1. The Bertz CT molecular complexity index is 862. The summed E-state index contributed by atoms with van der Waals surface area (Å²) in [6, 6.07) is 4.57. The third-order valence-corrected chi connectivity index (χ3v) is 3.61. The Kier molecular flexibility index (Phi) is 4.06.